The van der Waals surface area contributed by atoms with Crippen molar-refractivity contribution >= 4 is 41.5 Å². The first-order valence-corrected chi connectivity index (χ1v) is 6.93. The molecule has 1 aromatic carbocycles. The van der Waals surface area contributed by atoms with E-state index in [1.165, 1.54) is 0 Å². The molecule has 0 radical (unpaired) electrons. The second kappa shape index (κ2) is 5.41. The summed E-state index contributed by atoms with van der Waals surface area (Å²) >= 11 is 11.2. The van der Waals surface area contributed by atoms with Crippen LogP contribution in [0.5, 0.6) is 5.75 Å². The van der Waals surface area contributed by atoms with E-state index >= 15 is 0 Å². The first-order valence-electron chi connectivity index (χ1n) is 3.86. The highest BCUT2D eigenvalue weighted by Crippen LogP contribution is 2.49. The fraction of sp³-hybridized carbons (Fsp3) is 0. The van der Waals surface area contributed by atoms with Crippen molar-refractivity contribution in [3.63, 3.8) is 0 Å². The average molecular weight is 247 g/mol. The van der Waals surface area contributed by atoms with Crippen molar-refractivity contribution in [3.8, 4) is 5.75 Å². The zero-order valence-corrected chi connectivity index (χ0v) is 9.82. The smallest absolute Gasteiger partial charge is 0.284 e. The topological polar surface area (TPSA) is 9.23 Å². The van der Waals surface area contributed by atoms with Crippen LogP contribution >= 0.6 is 29.3 Å². The summed E-state index contributed by atoms with van der Waals surface area (Å²) in [6, 6.07) is 5.57. The van der Waals surface area contributed by atoms with Gasteiger partial charge in [-0.05, 0) is 34.1 Å². The first-order chi connectivity index (χ1) is 6.69. The molecule has 0 saturated carbocycles. The van der Waals surface area contributed by atoms with Crippen molar-refractivity contribution in [1.29, 1.82) is 0 Å². The summed E-state index contributed by atoms with van der Waals surface area (Å²) in [5.74, 6) is 0.633. The van der Waals surface area contributed by atoms with Crippen molar-refractivity contribution in [3.05, 3.63) is 42.5 Å². The van der Waals surface area contributed by atoms with Crippen LogP contribution < -0.4 is 4.52 Å². The zero-order valence-electron chi connectivity index (χ0n) is 7.41. The molecule has 4 heteroatoms. The van der Waals surface area contributed by atoms with E-state index in [0.29, 0.717) is 5.75 Å². The lowest BCUT2D eigenvalue weighted by Gasteiger charge is -2.10. The van der Waals surface area contributed by atoms with Gasteiger partial charge in [0.05, 0.1) is 0 Å². The highest BCUT2D eigenvalue weighted by molar-refractivity contribution is 8.00. The molecular weight excluding hydrogens is 238 g/mol. The summed E-state index contributed by atoms with van der Waals surface area (Å²) in [7, 11) is 0. The molecule has 1 rings (SSSR count). The number of hydrogen-bond acceptors (Lipinski definition) is 1. The molecule has 0 aliphatic heterocycles. The van der Waals surface area contributed by atoms with E-state index in [2.05, 4.69) is 13.2 Å². The van der Waals surface area contributed by atoms with Gasteiger partial charge < -0.3 is 4.52 Å². The maximum atomic E-state index is 5.58. The molecule has 0 fully saturated rings. The second-order valence-corrected chi connectivity index (χ2v) is 5.41. The van der Waals surface area contributed by atoms with Gasteiger partial charge in [0.15, 0.2) is 0 Å². The van der Waals surface area contributed by atoms with Gasteiger partial charge in [0, 0.05) is 5.56 Å². The van der Waals surface area contributed by atoms with E-state index < -0.39 is 6.85 Å². The van der Waals surface area contributed by atoms with Gasteiger partial charge in [-0.3, -0.25) is 0 Å². The van der Waals surface area contributed by atoms with Gasteiger partial charge in [-0.1, -0.05) is 37.4 Å². The van der Waals surface area contributed by atoms with E-state index in [9.17, 15) is 0 Å². The molecule has 0 aromatic heterocycles. The third-order valence-corrected chi connectivity index (χ3v) is 2.44. The van der Waals surface area contributed by atoms with E-state index in [1.807, 2.05) is 12.1 Å². The molecule has 0 spiro atoms. The van der Waals surface area contributed by atoms with Gasteiger partial charge >= 0.3 is 0 Å². The summed E-state index contributed by atoms with van der Waals surface area (Å²) < 4.78 is 5.26. The molecule has 0 aliphatic carbocycles. The Labute approximate surface area is 94.4 Å². The van der Waals surface area contributed by atoms with Crippen LogP contribution in [0.2, 0.25) is 0 Å². The Kier molecular flexibility index (Phi) is 4.47. The van der Waals surface area contributed by atoms with Crippen LogP contribution in [0.25, 0.3) is 12.2 Å². The van der Waals surface area contributed by atoms with Gasteiger partial charge in [-0.15, -0.1) is 0 Å². The Morgan fingerprint density at radius 2 is 1.93 bits per heavy atom. The van der Waals surface area contributed by atoms with E-state index in [1.54, 1.807) is 18.2 Å². The van der Waals surface area contributed by atoms with Crippen molar-refractivity contribution in [2.24, 2.45) is 0 Å². The van der Waals surface area contributed by atoms with Crippen LogP contribution in [0.1, 0.15) is 11.1 Å². The highest BCUT2D eigenvalue weighted by Gasteiger charge is 2.08. The molecule has 0 amide bonds. The second-order valence-electron chi connectivity index (χ2n) is 2.46. The average Bonchev–Trinajstić information content (AvgIpc) is 2.16. The Bertz CT molecular complexity index is 350. The third-order valence-electron chi connectivity index (χ3n) is 1.69. The summed E-state index contributed by atoms with van der Waals surface area (Å²) in [5.41, 5.74) is 1.80. The van der Waals surface area contributed by atoms with Crippen molar-refractivity contribution < 1.29 is 4.52 Å². The van der Waals surface area contributed by atoms with E-state index in [0.717, 1.165) is 11.1 Å². The molecule has 0 N–H and O–H groups in total. The highest BCUT2D eigenvalue weighted by atomic mass is 35.9. The van der Waals surface area contributed by atoms with Crippen LogP contribution in [0, 0.1) is 0 Å². The van der Waals surface area contributed by atoms with Crippen LogP contribution in [0.4, 0.5) is 0 Å². The maximum absolute atomic E-state index is 5.58. The lowest BCUT2D eigenvalue weighted by atomic mass is 10.1. The number of halogens is 2. The fourth-order valence-corrected chi connectivity index (χ4v) is 1.87. The van der Waals surface area contributed by atoms with E-state index in [4.69, 9.17) is 27.0 Å². The molecule has 1 aromatic rings. The minimum atomic E-state index is -1.45. The Hall–Kier alpha value is -0.490. The zero-order chi connectivity index (χ0) is 10.6. The predicted octanol–water partition coefficient (Wildman–Crippen LogP) is 5.06. The number of hydrogen-bond donors (Lipinski definition) is 0. The van der Waals surface area contributed by atoms with Gasteiger partial charge in [-0.2, -0.15) is 0 Å². The standard InChI is InChI=1S/C10H9Cl2OP/c1-3-8-6-5-7-10(9(8)4-2)13-14(11)12/h3-7H,1-2H2. The fourth-order valence-electron chi connectivity index (χ4n) is 1.11. The van der Waals surface area contributed by atoms with E-state index in [-0.39, 0.29) is 0 Å². The molecule has 74 valence electrons. The molecule has 1 nitrogen and oxygen atoms in total. The summed E-state index contributed by atoms with van der Waals surface area (Å²) in [5, 5.41) is 0. The van der Waals surface area contributed by atoms with Gasteiger partial charge in [-0.25, -0.2) is 0 Å². The molecule has 0 heterocycles. The minimum absolute atomic E-state index is 0.633. The van der Waals surface area contributed by atoms with Crippen molar-refractivity contribution in [2.75, 3.05) is 0 Å². The lowest BCUT2D eigenvalue weighted by molar-refractivity contribution is 0.635. The van der Waals surface area contributed by atoms with Gasteiger partial charge in [0.2, 0.25) is 0 Å². The Morgan fingerprint density at radius 3 is 2.43 bits per heavy atom. The summed E-state index contributed by atoms with van der Waals surface area (Å²) in [4.78, 5) is 0. The predicted molar refractivity (Wildman–Crippen MR) is 65.9 cm³/mol. The van der Waals surface area contributed by atoms with Crippen LogP contribution in [0.3, 0.4) is 0 Å². The first kappa shape index (κ1) is 11.6. The number of benzene rings is 1. The van der Waals surface area contributed by atoms with Crippen LogP contribution in [-0.4, -0.2) is 0 Å². The third kappa shape index (κ3) is 2.75. The lowest BCUT2D eigenvalue weighted by Crippen LogP contribution is -1.86. The largest absolute Gasteiger partial charge is 0.444 e. The SMILES string of the molecule is C=Cc1cccc(OP(Cl)Cl)c1C=C. The number of rotatable bonds is 4. The molecular formula is C10H9Cl2OP. The summed E-state index contributed by atoms with van der Waals surface area (Å²) in [6.45, 7) is 5.94. The molecule has 14 heavy (non-hydrogen) atoms. The Morgan fingerprint density at radius 1 is 1.21 bits per heavy atom. The molecule has 0 unspecified atom stereocenters. The quantitative estimate of drug-likeness (QED) is 0.676. The molecule has 0 bridgehead atoms. The maximum Gasteiger partial charge on any atom is 0.284 e. The molecule has 0 atom stereocenters. The van der Waals surface area contributed by atoms with Crippen molar-refractivity contribution in [2.45, 2.75) is 0 Å². The molecule has 0 saturated heterocycles. The Balaban J connectivity index is 3.14. The normalized spacial score (nSPS) is 9.93. The molecule has 0 aliphatic rings. The van der Waals surface area contributed by atoms with Crippen LogP contribution in [0.15, 0.2) is 31.4 Å². The van der Waals surface area contributed by atoms with Crippen molar-refractivity contribution in [1.82, 2.24) is 0 Å². The van der Waals surface area contributed by atoms with Gasteiger partial charge in [0.1, 0.15) is 5.75 Å². The monoisotopic (exact) mass is 246 g/mol. The minimum Gasteiger partial charge on any atom is -0.444 e. The summed E-state index contributed by atoms with van der Waals surface area (Å²) in [6.07, 6.45) is 3.42. The van der Waals surface area contributed by atoms with Gasteiger partial charge in [0.25, 0.3) is 6.85 Å². The van der Waals surface area contributed by atoms with Crippen LogP contribution in [-0.2, 0) is 0 Å².